The van der Waals surface area contributed by atoms with Gasteiger partial charge in [0.2, 0.25) is 0 Å². The molecule has 0 aliphatic carbocycles. The van der Waals surface area contributed by atoms with Crippen LogP contribution in [0.15, 0.2) is 37.1 Å². The first kappa shape index (κ1) is 8.90. The summed E-state index contributed by atoms with van der Waals surface area (Å²) >= 11 is 0. The Kier molecular flexibility index (Phi) is 2.88. The fourth-order valence-electron chi connectivity index (χ4n) is 1.23. The van der Waals surface area contributed by atoms with E-state index in [1.54, 1.807) is 12.5 Å². The summed E-state index contributed by atoms with van der Waals surface area (Å²) in [5, 5.41) is 3.29. The number of aromatic amines is 1. The number of H-pyrrole nitrogens is 1. The standard InChI is InChI=1S/C10H12N4/c1-2-9(4-11-3-1)5-12-6-10-7-13-8-14-10/h1-4,7-8,12H,5-6H2,(H,13,14). The lowest BCUT2D eigenvalue weighted by Crippen LogP contribution is -2.12. The predicted molar refractivity (Wildman–Crippen MR) is 53.4 cm³/mol. The van der Waals surface area contributed by atoms with Crippen molar-refractivity contribution in [2.75, 3.05) is 0 Å². The molecule has 2 rings (SSSR count). The maximum atomic E-state index is 4.04. The molecule has 0 amide bonds. The SMILES string of the molecule is c1cncc(CNCc2cnc[nH]2)c1. The van der Waals surface area contributed by atoms with Gasteiger partial charge in [-0.1, -0.05) is 6.07 Å². The maximum absolute atomic E-state index is 4.04. The Labute approximate surface area is 82.4 Å². The van der Waals surface area contributed by atoms with E-state index in [2.05, 4.69) is 20.3 Å². The van der Waals surface area contributed by atoms with Crippen LogP contribution < -0.4 is 5.32 Å². The first-order chi connectivity index (χ1) is 6.95. The van der Waals surface area contributed by atoms with Crippen LogP contribution >= 0.6 is 0 Å². The summed E-state index contributed by atoms with van der Waals surface area (Å²) in [5.41, 5.74) is 2.28. The number of nitrogens with zero attached hydrogens (tertiary/aromatic N) is 2. The number of imidazole rings is 1. The Balaban J connectivity index is 1.79. The summed E-state index contributed by atoms with van der Waals surface area (Å²) in [6, 6.07) is 3.99. The normalized spacial score (nSPS) is 10.3. The molecule has 0 aromatic carbocycles. The van der Waals surface area contributed by atoms with Crippen molar-refractivity contribution in [3.05, 3.63) is 48.3 Å². The van der Waals surface area contributed by atoms with E-state index in [1.807, 2.05) is 24.5 Å². The van der Waals surface area contributed by atoms with Gasteiger partial charge in [-0.3, -0.25) is 4.98 Å². The van der Waals surface area contributed by atoms with Crippen LogP contribution in [0.3, 0.4) is 0 Å². The molecule has 0 spiro atoms. The quantitative estimate of drug-likeness (QED) is 0.755. The molecule has 72 valence electrons. The molecule has 2 N–H and O–H groups in total. The minimum absolute atomic E-state index is 0.800. The van der Waals surface area contributed by atoms with Gasteiger partial charge in [-0.2, -0.15) is 0 Å². The molecule has 0 saturated carbocycles. The highest BCUT2D eigenvalue weighted by molar-refractivity contribution is 5.08. The average Bonchev–Trinajstić information content (AvgIpc) is 2.72. The number of rotatable bonds is 4. The van der Waals surface area contributed by atoms with Crippen molar-refractivity contribution in [2.45, 2.75) is 13.1 Å². The van der Waals surface area contributed by atoms with Crippen molar-refractivity contribution >= 4 is 0 Å². The average molecular weight is 188 g/mol. The lowest BCUT2D eigenvalue weighted by atomic mass is 10.3. The van der Waals surface area contributed by atoms with Crippen LogP contribution in [0.25, 0.3) is 0 Å². The molecule has 0 bridgehead atoms. The monoisotopic (exact) mass is 188 g/mol. The van der Waals surface area contributed by atoms with E-state index in [9.17, 15) is 0 Å². The minimum atomic E-state index is 0.800. The van der Waals surface area contributed by atoms with Crippen molar-refractivity contribution in [3.63, 3.8) is 0 Å². The third-order valence-electron chi connectivity index (χ3n) is 1.92. The van der Waals surface area contributed by atoms with Crippen LogP contribution in [0, 0.1) is 0 Å². The third-order valence-corrected chi connectivity index (χ3v) is 1.92. The molecule has 2 aromatic heterocycles. The van der Waals surface area contributed by atoms with Crippen molar-refractivity contribution in [3.8, 4) is 0 Å². The molecule has 0 saturated heterocycles. The van der Waals surface area contributed by atoms with Gasteiger partial charge in [-0.25, -0.2) is 4.98 Å². The fourth-order valence-corrected chi connectivity index (χ4v) is 1.23. The van der Waals surface area contributed by atoms with E-state index in [0.29, 0.717) is 0 Å². The fraction of sp³-hybridized carbons (Fsp3) is 0.200. The predicted octanol–water partition coefficient (Wildman–Crippen LogP) is 1.09. The molecule has 4 nitrogen and oxygen atoms in total. The Morgan fingerprint density at radius 2 is 2.21 bits per heavy atom. The second kappa shape index (κ2) is 4.53. The van der Waals surface area contributed by atoms with Gasteiger partial charge in [0.05, 0.1) is 6.33 Å². The molecule has 0 fully saturated rings. The highest BCUT2D eigenvalue weighted by Gasteiger charge is 1.93. The smallest absolute Gasteiger partial charge is 0.0922 e. The Bertz CT molecular complexity index is 355. The van der Waals surface area contributed by atoms with E-state index in [0.717, 1.165) is 18.8 Å². The van der Waals surface area contributed by atoms with Crippen LogP contribution in [0.5, 0.6) is 0 Å². The summed E-state index contributed by atoms with van der Waals surface area (Å²) in [4.78, 5) is 11.0. The van der Waals surface area contributed by atoms with Gasteiger partial charge in [-0.05, 0) is 11.6 Å². The van der Waals surface area contributed by atoms with E-state index in [-0.39, 0.29) is 0 Å². The van der Waals surface area contributed by atoms with Crippen LogP contribution in [-0.2, 0) is 13.1 Å². The zero-order valence-electron chi connectivity index (χ0n) is 7.77. The van der Waals surface area contributed by atoms with E-state index >= 15 is 0 Å². The molecule has 0 aliphatic rings. The zero-order chi connectivity index (χ0) is 9.64. The summed E-state index contributed by atoms with van der Waals surface area (Å²) in [5.74, 6) is 0. The molecule has 2 aromatic rings. The van der Waals surface area contributed by atoms with Gasteiger partial charge in [0.25, 0.3) is 0 Å². The first-order valence-electron chi connectivity index (χ1n) is 4.52. The second-order valence-corrected chi connectivity index (χ2v) is 3.04. The van der Waals surface area contributed by atoms with Crippen LogP contribution in [0.2, 0.25) is 0 Å². The van der Waals surface area contributed by atoms with Gasteiger partial charge in [0, 0.05) is 37.4 Å². The van der Waals surface area contributed by atoms with Gasteiger partial charge in [0.15, 0.2) is 0 Å². The van der Waals surface area contributed by atoms with Crippen LogP contribution in [-0.4, -0.2) is 15.0 Å². The molecular weight excluding hydrogens is 176 g/mol. The topological polar surface area (TPSA) is 53.6 Å². The molecule has 0 radical (unpaired) electrons. The maximum Gasteiger partial charge on any atom is 0.0922 e. The largest absolute Gasteiger partial charge is 0.347 e. The van der Waals surface area contributed by atoms with Gasteiger partial charge in [-0.15, -0.1) is 0 Å². The zero-order valence-corrected chi connectivity index (χ0v) is 7.77. The summed E-state index contributed by atoms with van der Waals surface area (Å²) in [7, 11) is 0. The van der Waals surface area contributed by atoms with Crippen molar-refractivity contribution in [2.24, 2.45) is 0 Å². The molecule has 4 heteroatoms. The van der Waals surface area contributed by atoms with Crippen LogP contribution in [0.1, 0.15) is 11.3 Å². The van der Waals surface area contributed by atoms with E-state index in [1.165, 1.54) is 5.56 Å². The van der Waals surface area contributed by atoms with E-state index in [4.69, 9.17) is 0 Å². The van der Waals surface area contributed by atoms with Gasteiger partial charge in [0.1, 0.15) is 0 Å². The minimum Gasteiger partial charge on any atom is -0.347 e. The van der Waals surface area contributed by atoms with Crippen molar-refractivity contribution in [1.82, 2.24) is 20.3 Å². The first-order valence-corrected chi connectivity index (χ1v) is 4.52. The summed E-state index contributed by atoms with van der Waals surface area (Å²) in [6.45, 7) is 1.63. The Morgan fingerprint density at radius 3 is 2.93 bits per heavy atom. The Morgan fingerprint density at radius 1 is 1.21 bits per heavy atom. The van der Waals surface area contributed by atoms with Crippen molar-refractivity contribution in [1.29, 1.82) is 0 Å². The molecule has 0 aliphatic heterocycles. The lowest BCUT2D eigenvalue weighted by molar-refractivity contribution is 0.680. The highest BCUT2D eigenvalue weighted by atomic mass is 14.9. The summed E-state index contributed by atoms with van der Waals surface area (Å²) in [6.07, 6.45) is 7.13. The van der Waals surface area contributed by atoms with Crippen LogP contribution in [0.4, 0.5) is 0 Å². The highest BCUT2D eigenvalue weighted by Crippen LogP contribution is 1.96. The van der Waals surface area contributed by atoms with Gasteiger partial charge < -0.3 is 10.3 Å². The molecule has 0 atom stereocenters. The number of nitrogens with one attached hydrogen (secondary N) is 2. The molecule has 2 heterocycles. The molecular formula is C10H12N4. The second-order valence-electron chi connectivity index (χ2n) is 3.04. The number of hydrogen-bond donors (Lipinski definition) is 2. The number of pyridine rings is 1. The summed E-state index contributed by atoms with van der Waals surface area (Å²) < 4.78 is 0. The van der Waals surface area contributed by atoms with Gasteiger partial charge >= 0.3 is 0 Å². The number of aromatic nitrogens is 3. The van der Waals surface area contributed by atoms with Crippen molar-refractivity contribution < 1.29 is 0 Å². The Hall–Kier alpha value is -1.68. The number of hydrogen-bond acceptors (Lipinski definition) is 3. The molecule has 14 heavy (non-hydrogen) atoms. The molecule has 0 unspecified atom stereocenters. The van der Waals surface area contributed by atoms with E-state index < -0.39 is 0 Å². The lowest BCUT2D eigenvalue weighted by Gasteiger charge is -2.01. The third kappa shape index (κ3) is 2.40.